The van der Waals surface area contributed by atoms with Gasteiger partial charge < -0.3 is 9.64 Å². The lowest BCUT2D eigenvalue weighted by atomic mass is 10.4. The molecule has 5 nitrogen and oxygen atoms in total. The number of thioether (sulfide) groups is 1. The molecule has 0 N–H and O–H groups in total. The highest BCUT2D eigenvalue weighted by Gasteiger charge is 2.16. The number of thiazole rings is 1. The molecule has 1 aromatic heterocycles. The van der Waals surface area contributed by atoms with Crippen LogP contribution in [0, 0.1) is 6.92 Å². The van der Waals surface area contributed by atoms with Gasteiger partial charge in [0.1, 0.15) is 6.54 Å². The molecule has 0 saturated heterocycles. The van der Waals surface area contributed by atoms with Crippen LogP contribution in [0.4, 0.5) is 0 Å². The first-order valence-electron chi connectivity index (χ1n) is 6.49. The molecule has 112 valence electrons. The number of carbonyl (C=O) groups excluding carboxylic acids is 2. The lowest BCUT2D eigenvalue weighted by Gasteiger charge is -2.19. The summed E-state index contributed by atoms with van der Waals surface area (Å²) < 4.78 is 4.85. The van der Waals surface area contributed by atoms with Gasteiger partial charge in [-0.25, -0.2) is 4.98 Å². The molecule has 0 unspecified atom stereocenters. The molecule has 1 amide bonds. The summed E-state index contributed by atoms with van der Waals surface area (Å²) in [5, 5.41) is 3.03. The van der Waals surface area contributed by atoms with E-state index in [4.69, 9.17) is 4.74 Å². The maximum atomic E-state index is 12.0. The number of hydrogen-bond acceptors (Lipinski definition) is 6. The third-order valence-corrected chi connectivity index (χ3v) is 4.28. The van der Waals surface area contributed by atoms with Crippen molar-refractivity contribution in [1.29, 1.82) is 0 Å². The van der Waals surface area contributed by atoms with Crippen molar-refractivity contribution in [1.82, 2.24) is 9.88 Å². The zero-order chi connectivity index (χ0) is 15.0. The van der Waals surface area contributed by atoms with E-state index in [1.807, 2.05) is 19.2 Å². The van der Waals surface area contributed by atoms with Crippen LogP contribution >= 0.6 is 23.1 Å². The molecule has 0 bridgehead atoms. The van der Waals surface area contributed by atoms with Crippen molar-refractivity contribution in [3.05, 3.63) is 16.1 Å². The second kappa shape index (κ2) is 8.97. The number of carbonyl (C=O) groups is 2. The SMILES string of the molecule is CCOC(=O)CN(CC)C(=O)CSCc1csc(C)n1. The fourth-order valence-corrected chi connectivity index (χ4v) is 3.08. The van der Waals surface area contributed by atoms with Crippen molar-refractivity contribution < 1.29 is 14.3 Å². The maximum absolute atomic E-state index is 12.0. The molecular weight excluding hydrogens is 296 g/mol. The molecule has 0 spiro atoms. The molecule has 0 fully saturated rings. The Morgan fingerprint density at radius 1 is 1.45 bits per heavy atom. The number of likely N-dealkylation sites (N-methyl/N-ethyl adjacent to an activating group) is 1. The van der Waals surface area contributed by atoms with Gasteiger partial charge in [0.15, 0.2) is 0 Å². The Morgan fingerprint density at radius 2 is 2.20 bits per heavy atom. The number of ether oxygens (including phenoxy) is 1. The summed E-state index contributed by atoms with van der Waals surface area (Å²) in [6, 6.07) is 0. The third kappa shape index (κ3) is 5.92. The molecule has 20 heavy (non-hydrogen) atoms. The maximum Gasteiger partial charge on any atom is 0.325 e. The van der Waals surface area contributed by atoms with E-state index in [2.05, 4.69) is 4.98 Å². The lowest BCUT2D eigenvalue weighted by Crippen LogP contribution is -2.37. The van der Waals surface area contributed by atoms with Crippen LogP contribution in [-0.4, -0.2) is 47.2 Å². The molecule has 1 heterocycles. The van der Waals surface area contributed by atoms with Crippen LogP contribution in [0.2, 0.25) is 0 Å². The number of rotatable bonds is 8. The van der Waals surface area contributed by atoms with Gasteiger partial charge in [-0.2, -0.15) is 0 Å². The Hall–Kier alpha value is -1.08. The summed E-state index contributed by atoms with van der Waals surface area (Å²) in [6.07, 6.45) is 0. The Kier molecular flexibility index (Phi) is 7.61. The summed E-state index contributed by atoms with van der Waals surface area (Å²) in [7, 11) is 0. The van der Waals surface area contributed by atoms with Gasteiger partial charge >= 0.3 is 5.97 Å². The van der Waals surface area contributed by atoms with Gasteiger partial charge in [-0.05, 0) is 20.8 Å². The summed E-state index contributed by atoms with van der Waals surface area (Å²) in [4.78, 5) is 29.2. The Labute approximate surface area is 127 Å². The van der Waals surface area contributed by atoms with Crippen LogP contribution < -0.4 is 0 Å². The number of hydrogen-bond donors (Lipinski definition) is 0. The minimum atomic E-state index is -0.358. The van der Waals surface area contributed by atoms with Gasteiger partial charge in [0.2, 0.25) is 5.91 Å². The molecule has 0 saturated carbocycles. The van der Waals surface area contributed by atoms with E-state index >= 15 is 0 Å². The molecule has 0 atom stereocenters. The first-order chi connectivity index (χ1) is 9.56. The van der Waals surface area contributed by atoms with Crippen LogP contribution in [-0.2, 0) is 20.1 Å². The molecule has 1 aromatic rings. The minimum Gasteiger partial charge on any atom is -0.465 e. The highest BCUT2D eigenvalue weighted by Crippen LogP contribution is 2.15. The predicted molar refractivity (Wildman–Crippen MR) is 81.9 cm³/mol. The van der Waals surface area contributed by atoms with Crippen LogP contribution in [0.15, 0.2) is 5.38 Å². The Balaban J connectivity index is 2.33. The highest BCUT2D eigenvalue weighted by molar-refractivity contribution is 7.99. The molecule has 7 heteroatoms. The van der Waals surface area contributed by atoms with Crippen molar-refractivity contribution in [3.63, 3.8) is 0 Å². The van der Waals surface area contributed by atoms with E-state index in [9.17, 15) is 9.59 Å². The quantitative estimate of drug-likeness (QED) is 0.687. The van der Waals surface area contributed by atoms with Crippen molar-refractivity contribution in [3.8, 4) is 0 Å². The number of esters is 1. The van der Waals surface area contributed by atoms with Gasteiger partial charge in [-0.1, -0.05) is 0 Å². The van der Waals surface area contributed by atoms with Crippen molar-refractivity contribution in [2.45, 2.75) is 26.5 Å². The molecule has 0 aliphatic carbocycles. The minimum absolute atomic E-state index is 0.0273. The predicted octanol–water partition coefficient (Wildman–Crippen LogP) is 2.10. The van der Waals surface area contributed by atoms with Crippen LogP contribution in [0.3, 0.4) is 0 Å². The van der Waals surface area contributed by atoms with Gasteiger partial charge in [0, 0.05) is 17.7 Å². The molecule has 0 aliphatic rings. The summed E-state index contributed by atoms with van der Waals surface area (Å²) in [6.45, 7) is 6.44. The lowest BCUT2D eigenvalue weighted by molar-refractivity contribution is -0.148. The monoisotopic (exact) mass is 316 g/mol. The summed E-state index contributed by atoms with van der Waals surface area (Å²) in [5.74, 6) is 0.664. The smallest absolute Gasteiger partial charge is 0.325 e. The van der Waals surface area contributed by atoms with E-state index in [-0.39, 0.29) is 18.4 Å². The highest BCUT2D eigenvalue weighted by atomic mass is 32.2. The topological polar surface area (TPSA) is 59.5 Å². The largest absolute Gasteiger partial charge is 0.465 e. The first-order valence-corrected chi connectivity index (χ1v) is 8.52. The van der Waals surface area contributed by atoms with Gasteiger partial charge in [-0.3, -0.25) is 9.59 Å². The molecular formula is C13H20N2O3S2. The average Bonchev–Trinajstić information content (AvgIpc) is 2.82. The second-order valence-corrected chi connectivity index (χ2v) is 6.11. The van der Waals surface area contributed by atoms with E-state index in [1.165, 1.54) is 16.7 Å². The zero-order valence-corrected chi connectivity index (χ0v) is 13.7. The van der Waals surface area contributed by atoms with E-state index in [0.29, 0.717) is 24.7 Å². The molecule has 1 rings (SSSR count). The second-order valence-electron chi connectivity index (χ2n) is 4.06. The fourth-order valence-electron chi connectivity index (χ4n) is 1.55. The van der Waals surface area contributed by atoms with E-state index < -0.39 is 0 Å². The Bertz CT molecular complexity index is 449. The van der Waals surface area contributed by atoms with Crippen molar-refractivity contribution >= 4 is 35.0 Å². The fraction of sp³-hybridized carbons (Fsp3) is 0.615. The number of nitrogens with zero attached hydrogens (tertiary/aromatic N) is 2. The number of aryl methyl sites for hydroxylation is 1. The standard InChI is InChI=1S/C13H20N2O3S2/c1-4-15(6-13(17)18-5-2)12(16)9-19-7-11-8-20-10(3)14-11/h8H,4-7,9H2,1-3H3. The normalized spacial score (nSPS) is 10.3. The number of amides is 1. The van der Waals surface area contributed by atoms with Crippen molar-refractivity contribution in [2.24, 2.45) is 0 Å². The average molecular weight is 316 g/mol. The third-order valence-electron chi connectivity index (χ3n) is 2.50. The molecule has 0 aromatic carbocycles. The van der Waals surface area contributed by atoms with Crippen molar-refractivity contribution in [2.75, 3.05) is 25.4 Å². The Morgan fingerprint density at radius 3 is 2.75 bits per heavy atom. The van der Waals surface area contributed by atoms with E-state index in [0.717, 1.165) is 10.7 Å². The van der Waals surface area contributed by atoms with Gasteiger partial charge in [0.25, 0.3) is 0 Å². The van der Waals surface area contributed by atoms with Crippen LogP contribution in [0.25, 0.3) is 0 Å². The van der Waals surface area contributed by atoms with Gasteiger partial charge in [0.05, 0.1) is 23.1 Å². The van der Waals surface area contributed by atoms with Crippen LogP contribution in [0.5, 0.6) is 0 Å². The molecule has 0 radical (unpaired) electrons. The van der Waals surface area contributed by atoms with Crippen LogP contribution in [0.1, 0.15) is 24.5 Å². The summed E-state index contributed by atoms with van der Waals surface area (Å²) >= 11 is 3.12. The van der Waals surface area contributed by atoms with E-state index in [1.54, 1.807) is 18.3 Å². The zero-order valence-electron chi connectivity index (χ0n) is 12.0. The first kappa shape index (κ1) is 17.0. The molecule has 0 aliphatic heterocycles. The summed E-state index contributed by atoms with van der Waals surface area (Å²) in [5.41, 5.74) is 0.999. The van der Waals surface area contributed by atoms with Gasteiger partial charge in [-0.15, -0.1) is 23.1 Å². The number of aromatic nitrogens is 1.